The summed E-state index contributed by atoms with van der Waals surface area (Å²) in [6, 6.07) is 15.7. The smallest absolute Gasteiger partial charge is 0.251 e. The highest BCUT2D eigenvalue weighted by Gasteiger charge is 2.21. The van der Waals surface area contributed by atoms with Crippen LogP contribution < -0.4 is 10.2 Å². The topological polar surface area (TPSA) is 52.7 Å². The van der Waals surface area contributed by atoms with Crippen LogP contribution >= 0.6 is 0 Å². The minimum Gasteiger partial charge on any atom is -0.348 e. The van der Waals surface area contributed by atoms with Crippen LogP contribution in [0.25, 0.3) is 0 Å². The number of hydrogen-bond acceptors (Lipinski definition) is 3. The summed E-state index contributed by atoms with van der Waals surface area (Å²) in [6.07, 6.45) is 1.50. The number of nitrogens with one attached hydrogen (secondary N) is 1. The van der Waals surface area contributed by atoms with Crippen molar-refractivity contribution < 1.29 is 9.59 Å². The molecule has 0 atom stereocenters. The third kappa shape index (κ3) is 4.98. The maximum atomic E-state index is 12.4. The molecule has 0 unspecified atom stereocenters. The lowest BCUT2D eigenvalue weighted by atomic mass is 10.1. The highest BCUT2D eigenvalue weighted by Crippen LogP contribution is 2.21. The average Bonchev–Trinajstić information content (AvgIpc) is 3.17. The Morgan fingerprint density at radius 3 is 2.21 bits per heavy atom. The second kappa shape index (κ2) is 9.51. The fourth-order valence-corrected chi connectivity index (χ4v) is 3.47. The van der Waals surface area contributed by atoms with E-state index < -0.39 is 0 Å². The predicted molar refractivity (Wildman–Crippen MR) is 112 cm³/mol. The molecule has 5 heteroatoms. The van der Waals surface area contributed by atoms with Crippen molar-refractivity contribution in [2.45, 2.75) is 39.8 Å². The van der Waals surface area contributed by atoms with Gasteiger partial charge in [0.1, 0.15) is 0 Å². The Labute approximate surface area is 167 Å². The number of amides is 2. The lowest BCUT2D eigenvalue weighted by Gasteiger charge is -2.18. The minimum atomic E-state index is -0.105. The number of carbonyl (C=O) groups excluding carboxylic acids is 2. The first-order valence-corrected chi connectivity index (χ1v) is 10.1. The number of nitrogens with zero attached hydrogens (tertiary/aromatic N) is 2. The molecule has 1 aliphatic rings. The highest BCUT2D eigenvalue weighted by molar-refractivity contribution is 5.97. The van der Waals surface area contributed by atoms with Crippen molar-refractivity contribution in [1.29, 1.82) is 0 Å². The van der Waals surface area contributed by atoms with E-state index in [-0.39, 0.29) is 11.8 Å². The molecule has 0 radical (unpaired) electrons. The van der Waals surface area contributed by atoms with Crippen LogP contribution in [0, 0.1) is 0 Å². The molecule has 2 aromatic rings. The molecule has 1 aliphatic heterocycles. The van der Waals surface area contributed by atoms with Crippen LogP contribution in [0.1, 0.15) is 48.2 Å². The molecule has 0 aliphatic carbocycles. The molecule has 5 nitrogen and oxygen atoms in total. The second-order valence-corrected chi connectivity index (χ2v) is 7.16. The highest BCUT2D eigenvalue weighted by atomic mass is 16.2. The first kappa shape index (κ1) is 20.1. The summed E-state index contributed by atoms with van der Waals surface area (Å²) in [5.74, 6) is 0.0492. The summed E-state index contributed by atoms with van der Waals surface area (Å²) in [5, 5.41) is 2.97. The summed E-state index contributed by atoms with van der Waals surface area (Å²) < 4.78 is 0. The van der Waals surface area contributed by atoms with Gasteiger partial charge in [0.15, 0.2) is 0 Å². The lowest BCUT2D eigenvalue weighted by Crippen LogP contribution is -2.25. The van der Waals surface area contributed by atoms with Gasteiger partial charge in [-0.2, -0.15) is 0 Å². The molecule has 28 heavy (non-hydrogen) atoms. The zero-order valence-electron chi connectivity index (χ0n) is 16.8. The van der Waals surface area contributed by atoms with Crippen LogP contribution in [0.5, 0.6) is 0 Å². The fourth-order valence-electron chi connectivity index (χ4n) is 3.47. The number of carbonyl (C=O) groups is 2. The zero-order valence-corrected chi connectivity index (χ0v) is 16.8. The van der Waals surface area contributed by atoms with E-state index in [4.69, 9.17) is 0 Å². The van der Waals surface area contributed by atoms with Crippen molar-refractivity contribution in [3.05, 3.63) is 65.2 Å². The number of benzene rings is 2. The van der Waals surface area contributed by atoms with Gasteiger partial charge in [-0.1, -0.05) is 38.1 Å². The molecule has 3 rings (SSSR count). The Balaban J connectivity index is 1.53. The minimum absolute atomic E-state index is 0.105. The monoisotopic (exact) mass is 379 g/mol. The normalized spacial score (nSPS) is 14.0. The molecular formula is C23H29N3O2. The van der Waals surface area contributed by atoms with E-state index in [1.807, 2.05) is 12.1 Å². The van der Waals surface area contributed by atoms with E-state index in [1.165, 1.54) is 5.56 Å². The van der Waals surface area contributed by atoms with Crippen LogP contribution in [-0.2, 0) is 17.9 Å². The van der Waals surface area contributed by atoms with E-state index in [0.717, 1.165) is 43.9 Å². The van der Waals surface area contributed by atoms with Gasteiger partial charge in [-0.25, -0.2) is 0 Å². The van der Waals surface area contributed by atoms with Crippen molar-refractivity contribution in [1.82, 2.24) is 10.2 Å². The number of rotatable bonds is 8. The fraction of sp³-hybridized carbons (Fsp3) is 0.391. The molecule has 1 saturated heterocycles. The van der Waals surface area contributed by atoms with Gasteiger partial charge in [-0.3, -0.25) is 14.5 Å². The molecule has 1 heterocycles. The van der Waals surface area contributed by atoms with Crippen LogP contribution in [0.15, 0.2) is 48.5 Å². The standard InChI is InChI=1S/C23H29N3O2/c1-3-25(4-2)17-19-9-7-18(8-10-19)16-24-23(28)20-11-13-21(14-12-20)26-15-5-6-22(26)27/h7-14H,3-6,15-17H2,1-2H3,(H,24,28). The molecule has 2 aromatic carbocycles. The molecule has 0 aromatic heterocycles. The van der Waals surface area contributed by atoms with Gasteiger partial charge in [0.2, 0.25) is 5.91 Å². The molecule has 1 N–H and O–H groups in total. The van der Waals surface area contributed by atoms with Crippen molar-refractivity contribution >= 4 is 17.5 Å². The Morgan fingerprint density at radius 2 is 1.64 bits per heavy atom. The van der Waals surface area contributed by atoms with Crippen LogP contribution in [0.4, 0.5) is 5.69 Å². The molecule has 0 saturated carbocycles. The molecule has 2 amide bonds. The quantitative estimate of drug-likeness (QED) is 0.763. The number of anilines is 1. The van der Waals surface area contributed by atoms with Gasteiger partial charge in [0.05, 0.1) is 0 Å². The van der Waals surface area contributed by atoms with Gasteiger partial charge in [0, 0.05) is 37.3 Å². The summed E-state index contributed by atoms with van der Waals surface area (Å²) in [7, 11) is 0. The molecular weight excluding hydrogens is 350 g/mol. The summed E-state index contributed by atoms with van der Waals surface area (Å²) in [6.45, 7) is 8.63. The first-order chi connectivity index (χ1) is 13.6. The first-order valence-electron chi connectivity index (χ1n) is 10.1. The molecule has 148 valence electrons. The third-order valence-electron chi connectivity index (χ3n) is 5.29. The van der Waals surface area contributed by atoms with Crippen molar-refractivity contribution in [2.75, 3.05) is 24.5 Å². The largest absolute Gasteiger partial charge is 0.348 e. The maximum absolute atomic E-state index is 12.4. The maximum Gasteiger partial charge on any atom is 0.251 e. The van der Waals surface area contributed by atoms with E-state index in [9.17, 15) is 9.59 Å². The van der Waals surface area contributed by atoms with Crippen molar-refractivity contribution in [3.8, 4) is 0 Å². The average molecular weight is 380 g/mol. The van der Waals surface area contributed by atoms with Gasteiger partial charge < -0.3 is 10.2 Å². The van der Waals surface area contributed by atoms with Crippen LogP contribution in [0.2, 0.25) is 0 Å². The number of hydrogen-bond donors (Lipinski definition) is 1. The predicted octanol–water partition coefficient (Wildman–Crippen LogP) is 3.59. The van der Waals surface area contributed by atoms with Crippen molar-refractivity contribution in [2.24, 2.45) is 0 Å². The van der Waals surface area contributed by atoms with Gasteiger partial charge in [0.25, 0.3) is 5.91 Å². The third-order valence-corrected chi connectivity index (χ3v) is 5.29. The van der Waals surface area contributed by atoms with Crippen LogP contribution in [0.3, 0.4) is 0 Å². The Hall–Kier alpha value is -2.66. The molecule has 0 bridgehead atoms. The van der Waals surface area contributed by atoms with Gasteiger partial charge in [-0.15, -0.1) is 0 Å². The van der Waals surface area contributed by atoms with E-state index in [2.05, 4.69) is 48.3 Å². The molecule has 0 spiro atoms. The Morgan fingerprint density at radius 1 is 1.00 bits per heavy atom. The van der Waals surface area contributed by atoms with Gasteiger partial charge >= 0.3 is 0 Å². The second-order valence-electron chi connectivity index (χ2n) is 7.16. The summed E-state index contributed by atoms with van der Waals surface area (Å²) in [4.78, 5) is 28.4. The van der Waals surface area contributed by atoms with E-state index >= 15 is 0 Å². The lowest BCUT2D eigenvalue weighted by molar-refractivity contribution is -0.117. The summed E-state index contributed by atoms with van der Waals surface area (Å²) in [5.41, 5.74) is 3.83. The Bertz CT molecular complexity index is 796. The van der Waals surface area contributed by atoms with Gasteiger partial charge in [-0.05, 0) is 54.9 Å². The van der Waals surface area contributed by atoms with E-state index in [0.29, 0.717) is 18.5 Å². The Kier molecular flexibility index (Phi) is 6.82. The summed E-state index contributed by atoms with van der Waals surface area (Å²) >= 11 is 0. The SMILES string of the molecule is CCN(CC)Cc1ccc(CNC(=O)c2ccc(N3CCCC3=O)cc2)cc1. The molecule has 1 fully saturated rings. The van der Waals surface area contributed by atoms with Crippen molar-refractivity contribution in [3.63, 3.8) is 0 Å². The van der Waals surface area contributed by atoms with E-state index in [1.54, 1.807) is 17.0 Å². The zero-order chi connectivity index (χ0) is 19.9. The van der Waals surface area contributed by atoms with Crippen LogP contribution in [-0.4, -0.2) is 36.3 Å².